The number of allylic oxidation sites excluding steroid dienone is 2. The fraction of sp³-hybridized carbons (Fsp3) is 0.114. The van der Waals surface area contributed by atoms with E-state index in [1.54, 1.807) is 0 Å². The quantitative estimate of drug-likeness (QED) is 0.156. The van der Waals surface area contributed by atoms with E-state index >= 15 is 0 Å². The molecule has 0 aromatic heterocycles. The van der Waals surface area contributed by atoms with Crippen molar-refractivity contribution in [3.63, 3.8) is 0 Å². The lowest BCUT2D eigenvalue weighted by Gasteiger charge is -2.07. The number of ketones is 3. The summed E-state index contributed by atoms with van der Waals surface area (Å²) < 4.78 is 0. The van der Waals surface area contributed by atoms with Gasteiger partial charge in [-0.25, -0.2) is 0 Å². The molecule has 0 heterocycles. The van der Waals surface area contributed by atoms with Crippen molar-refractivity contribution in [3.8, 4) is 0 Å². The lowest BCUT2D eigenvalue weighted by atomic mass is 9.96. The largest absolute Gasteiger partial charge is 0.289 e. The topological polar surface area (TPSA) is 51.2 Å². The van der Waals surface area contributed by atoms with E-state index in [0.717, 1.165) is 48.0 Å². The van der Waals surface area contributed by atoms with Gasteiger partial charge < -0.3 is 0 Å². The molecule has 0 N–H and O–H groups in total. The second kappa shape index (κ2) is 11.6. The minimum absolute atomic E-state index is 0.0166. The van der Waals surface area contributed by atoms with Crippen molar-refractivity contribution in [1.82, 2.24) is 0 Å². The highest BCUT2D eigenvalue weighted by atomic mass is 16.1. The molecule has 0 unspecified atom stereocenters. The summed E-state index contributed by atoms with van der Waals surface area (Å²) >= 11 is 0. The van der Waals surface area contributed by atoms with Gasteiger partial charge in [0, 0.05) is 33.4 Å². The fourth-order valence-corrected chi connectivity index (χ4v) is 4.72. The van der Waals surface area contributed by atoms with Crippen LogP contribution in [0.5, 0.6) is 0 Å². The number of Topliss-reactive ketones (excluding diaryl/α,β-unsaturated/α-hetero) is 1. The molecular formula is C35H28O3. The van der Waals surface area contributed by atoms with Crippen molar-refractivity contribution in [2.45, 2.75) is 25.7 Å². The molecule has 0 atom stereocenters. The Kier molecular flexibility index (Phi) is 7.65. The summed E-state index contributed by atoms with van der Waals surface area (Å²) in [5, 5.41) is 0. The van der Waals surface area contributed by atoms with Crippen LogP contribution in [0, 0.1) is 0 Å². The third-order valence-corrected chi connectivity index (χ3v) is 6.83. The number of benzene rings is 4. The molecule has 1 fully saturated rings. The molecule has 1 aliphatic carbocycles. The highest BCUT2D eigenvalue weighted by Gasteiger charge is 2.19. The molecule has 1 aliphatic rings. The van der Waals surface area contributed by atoms with Crippen LogP contribution in [0.25, 0.3) is 12.2 Å². The molecule has 186 valence electrons. The summed E-state index contributed by atoms with van der Waals surface area (Å²) in [6.45, 7) is 0. The monoisotopic (exact) mass is 496 g/mol. The second-order valence-corrected chi connectivity index (χ2v) is 9.51. The molecule has 4 aromatic rings. The SMILES string of the molecule is O=C1/C(=C\c2ccc(C(=O)c3ccccc3)cc2)CCCC/C1=C\c1ccc(C(=O)c2ccccc2)cc1. The average Bonchev–Trinajstić information content (AvgIpc) is 3.14. The number of hydrogen-bond donors (Lipinski definition) is 0. The predicted octanol–water partition coefficient (Wildman–Crippen LogP) is 7.76. The second-order valence-electron chi connectivity index (χ2n) is 9.51. The zero-order valence-electron chi connectivity index (χ0n) is 21.1. The van der Waals surface area contributed by atoms with Gasteiger partial charge in [0.15, 0.2) is 17.3 Å². The third-order valence-electron chi connectivity index (χ3n) is 6.83. The van der Waals surface area contributed by atoms with Crippen molar-refractivity contribution in [2.24, 2.45) is 0 Å². The van der Waals surface area contributed by atoms with Gasteiger partial charge in [0.1, 0.15) is 0 Å². The maximum absolute atomic E-state index is 13.4. The van der Waals surface area contributed by atoms with Crippen molar-refractivity contribution in [1.29, 1.82) is 0 Å². The summed E-state index contributed by atoms with van der Waals surface area (Å²) in [6.07, 6.45) is 7.24. The smallest absolute Gasteiger partial charge is 0.193 e. The fourth-order valence-electron chi connectivity index (χ4n) is 4.72. The first-order valence-corrected chi connectivity index (χ1v) is 12.9. The van der Waals surface area contributed by atoms with Crippen molar-refractivity contribution in [3.05, 3.63) is 154 Å². The van der Waals surface area contributed by atoms with Crippen LogP contribution in [0.15, 0.2) is 120 Å². The van der Waals surface area contributed by atoms with Crippen LogP contribution in [0.3, 0.4) is 0 Å². The number of carbonyl (C=O) groups excluding carboxylic acids is 3. The van der Waals surface area contributed by atoms with Crippen LogP contribution in [-0.4, -0.2) is 17.3 Å². The molecule has 0 saturated heterocycles. The minimum atomic E-state index is -0.0166. The van der Waals surface area contributed by atoms with E-state index in [4.69, 9.17) is 0 Å². The van der Waals surface area contributed by atoms with Gasteiger partial charge in [-0.05, 0) is 49.0 Å². The van der Waals surface area contributed by atoms with E-state index in [1.807, 2.05) is 121 Å². The lowest BCUT2D eigenvalue weighted by Crippen LogP contribution is -2.04. The van der Waals surface area contributed by atoms with Crippen LogP contribution < -0.4 is 0 Å². The molecule has 4 aromatic carbocycles. The van der Waals surface area contributed by atoms with Gasteiger partial charge in [-0.2, -0.15) is 0 Å². The van der Waals surface area contributed by atoms with Crippen LogP contribution in [0.1, 0.15) is 68.7 Å². The van der Waals surface area contributed by atoms with E-state index in [2.05, 4.69) is 0 Å². The molecule has 5 rings (SSSR count). The predicted molar refractivity (Wildman–Crippen MR) is 152 cm³/mol. The average molecular weight is 497 g/mol. The van der Waals surface area contributed by atoms with Crippen LogP contribution >= 0.6 is 0 Å². The van der Waals surface area contributed by atoms with E-state index in [-0.39, 0.29) is 17.3 Å². The summed E-state index contributed by atoms with van der Waals surface area (Å²) in [5.41, 5.74) is 5.94. The Morgan fingerprint density at radius 1 is 0.474 bits per heavy atom. The van der Waals surface area contributed by atoms with Crippen molar-refractivity contribution < 1.29 is 14.4 Å². The number of rotatable bonds is 6. The number of carbonyl (C=O) groups is 3. The van der Waals surface area contributed by atoms with E-state index in [1.165, 1.54) is 0 Å². The molecule has 0 aliphatic heterocycles. The Morgan fingerprint density at radius 3 is 1.18 bits per heavy atom. The van der Waals surface area contributed by atoms with Crippen molar-refractivity contribution >= 4 is 29.5 Å². The van der Waals surface area contributed by atoms with Gasteiger partial charge in [-0.15, -0.1) is 0 Å². The molecule has 3 heteroatoms. The molecule has 1 saturated carbocycles. The van der Waals surface area contributed by atoms with Gasteiger partial charge in [-0.1, -0.05) is 109 Å². The van der Waals surface area contributed by atoms with E-state index in [9.17, 15) is 14.4 Å². The zero-order valence-corrected chi connectivity index (χ0v) is 21.1. The summed E-state index contributed by atoms with van der Waals surface area (Å²) in [4.78, 5) is 38.8. The molecule has 38 heavy (non-hydrogen) atoms. The van der Waals surface area contributed by atoms with Gasteiger partial charge in [0.05, 0.1) is 0 Å². The highest BCUT2D eigenvalue weighted by Crippen LogP contribution is 2.27. The van der Waals surface area contributed by atoms with Crippen LogP contribution in [-0.2, 0) is 4.79 Å². The molecule has 0 spiro atoms. The molecular weight excluding hydrogens is 468 g/mol. The van der Waals surface area contributed by atoms with Crippen molar-refractivity contribution in [2.75, 3.05) is 0 Å². The molecule has 0 bridgehead atoms. The lowest BCUT2D eigenvalue weighted by molar-refractivity contribution is -0.112. The maximum Gasteiger partial charge on any atom is 0.193 e. The summed E-state index contributed by atoms with van der Waals surface area (Å²) in [6, 6.07) is 33.3. The first kappa shape index (κ1) is 25.0. The summed E-state index contributed by atoms with van der Waals surface area (Å²) in [7, 11) is 0. The van der Waals surface area contributed by atoms with Crippen LogP contribution in [0.4, 0.5) is 0 Å². The van der Waals surface area contributed by atoms with Gasteiger partial charge in [-0.3, -0.25) is 14.4 Å². The summed E-state index contributed by atoms with van der Waals surface area (Å²) in [5.74, 6) is 0.0329. The Bertz CT molecular complexity index is 1390. The highest BCUT2D eigenvalue weighted by molar-refractivity contribution is 6.14. The Hall–Kier alpha value is -4.63. The normalized spacial score (nSPS) is 15.8. The standard InChI is InChI=1S/C35H28O3/c36-33(27-9-3-1-4-10-27)29-19-15-25(16-20-29)23-31-13-7-8-14-32(35(31)38)24-26-17-21-30(22-18-26)34(37)28-11-5-2-6-12-28/h1-6,9-12,15-24H,7-8,13-14H2/b31-23-,32-24+. The molecule has 0 radical (unpaired) electrons. The first-order valence-electron chi connectivity index (χ1n) is 12.9. The van der Waals surface area contributed by atoms with E-state index < -0.39 is 0 Å². The van der Waals surface area contributed by atoms with Crippen LogP contribution in [0.2, 0.25) is 0 Å². The minimum Gasteiger partial charge on any atom is -0.289 e. The maximum atomic E-state index is 13.4. The Labute approximate surface area is 223 Å². The van der Waals surface area contributed by atoms with E-state index in [0.29, 0.717) is 22.3 Å². The first-order chi connectivity index (χ1) is 18.6. The Morgan fingerprint density at radius 2 is 0.816 bits per heavy atom. The zero-order chi connectivity index (χ0) is 26.3. The third kappa shape index (κ3) is 5.84. The Balaban J connectivity index is 1.33. The molecule has 3 nitrogen and oxygen atoms in total. The van der Waals surface area contributed by atoms with Gasteiger partial charge in [0.25, 0.3) is 0 Å². The van der Waals surface area contributed by atoms with Gasteiger partial charge >= 0.3 is 0 Å². The van der Waals surface area contributed by atoms with Gasteiger partial charge in [0.2, 0.25) is 0 Å². The molecule has 0 amide bonds. The number of hydrogen-bond acceptors (Lipinski definition) is 3.